The van der Waals surface area contributed by atoms with Crippen molar-refractivity contribution in [3.8, 4) is 28.5 Å². The fourth-order valence-electron chi connectivity index (χ4n) is 3.84. The number of benzene rings is 2. The van der Waals surface area contributed by atoms with Gasteiger partial charge in [-0.25, -0.2) is 4.98 Å². The molecule has 0 saturated carbocycles. The summed E-state index contributed by atoms with van der Waals surface area (Å²) in [7, 11) is 1.65. The topological polar surface area (TPSA) is 97.1 Å². The number of hydrogen-bond acceptors (Lipinski definition) is 5. The Morgan fingerprint density at radius 2 is 2.07 bits per heavy atom. The molecular formula is C22H25N5O2. The van der Waals surface area contributed by atoms with Crippen molar-refractivity contribution in [2.45, 2.75) is 19.4 Å². The number of carbonyl (C=O) groups excluding carboxylic acids is 1. The van der Waals surface area contributed by atoms with Gasteiger partial charge in [0, 0.05) is 30.6 Å². The fraction of sp³-hybridized carbons (Fsp3) is 0.318. The second-order valence-electron chi connectivity index (χ2n) is 7.50. The molecule has 7 heteroatoms. The summed E-state index contributed by atoms with van der Waals surface area (Å²) < 4.78 is 5.20. The molecule has 1 aliphatic heterocycles. The average molecular weight is 391 g/mol. The molecule has 150 valence electrons. The molecule has 1 saturated heterocycles. The number of nitrogens with one attached hydrogen (secondary N) is 1. The van der Waals surface area contributed by atoms with Gasteiger partial charge in [-0.3, -0.25) is 14.8 Å². The van der Waals surface area contributed by atoms with Crippen LogP contribution < -0.4 is 10.5 Å². The Kier molecular flexibility index (Phi) is 5.57. The van der Waals surface area contributed by atoms with Crippen LogP contribution in [-0.4, -0.2) is 46.2 Å². The molecule has 1 aromatic heterocycles. The molecule has 0 spiro atoms. The molecule has 7 nitrogen and oxygen atoms in total. The first-order valence-corrected chi connectivity index (χ1v) is 9.77. The minimum Gasteiger partial charge on any atom is -0.497 e. The number of primary amides is 1. The van der Waals surface area contributed by atoms with Crippen LogP contribution >= 0.6 is 0 Å². The molecule has 1 amide bonds. The first-order valence-electron chi connectivity index (χ1n) is 9.77. The van der Waals surface area contributed by atoms with Gasteiger partial charge in [0.2, 0.25) is 5.91 Å². The van der Waals surface area contributed by atoms with Crippen LogP contribution in [0.2, 0.25) is 0 Å². The van der Waals surface area contributed by atoms with Gasteiger partial charge in [-0.2, -0.15) is 5.10 Å². The summed E-state index contributed by atoms with van der Waals surface area (Å²) in [5, 5.41) is 7.41. The maximum Gasteiger partial charge on any atom is 0.217 e. The van der Waals surface area contributed by atoms with Crippen molar-refractivity contribution in [2.75, 3.05) is 20.2 Å². The van der Waals surface area contributed by atoms with Gasteiger partial charge in [0.15, 0.2) is 11.6 Å². The number of likely N-dealkylation sites (tertiary alicyclic amines) is 1. The van der Waals surface area contributed by atoms with Gasteiger partial charge in [-0.05, 0) is 54.8 Å². The number of amides is 1. The summed E-state index contributed by atoms with van der Waals surface area (Å²) in [5.74, 6) is 2.36. The molecule has 1 atom stereocenters. The van der Waals surface area contributed by atoms with E-state index in [1.807, 2.05) is 36.4 Å². The quantitative estimate of drug-likeness (QED) is 0.645. The lowest BCUT2D eigenvalue weighted by Crippen LogP contribution is -2.22. The molecule has 0 aliphatic carbocycles. The number of carbonyl (C=O) groups is 1. The number of ether oxygens (including phenoxy) is 1. The first kappa shape index (κ1) is 19.1. The number of aromatic amines is 1. The molecular weight excluding hydrogens is 366 g/mol. The third-order valence-corrected chi connectivity index (χ3v) is 5.30. The van der Waals surface area contributed by atoms with Gasteiger partial charge in [-0.15, -0.1) is 0 Å². The maximum absolute atomic E-state index is 11.1. The Balaban J connectivity index is 1.45. The Morgan fingerprint density at radius 1 is 1.24 bits per heavy atom. The normalized spacial score (nSPS) is 16.8. The lowest BCUT2D eigenvalue weighted by Gasteiger charge is -2.16. The molecule has 29 heavy (non-hydrogen) atoms. The van der Waals surface area contributed by atoms with Gasteiger partial charge in [0.25, 0.3) is 0 Å². The molecule has 2 aromatic carbocycles. The number of nitrogens with two attached hydrogens (primary N) is 1. The summed E-state index contributed by atoms with van der Waals surface area (Å²) in [5.41, 5.74) is 8.47. The number of nitrogens with zero attached hydrogens (tertiary/aromatic N) is 3. The van der Waals surface area contributed by atoms with Crippen molar-refractivity contribution >= 4 is 5.91 Å². The standard InChI is InChI=1S/C22H25N5O2/c1-29-19-7-5-17(6-8-19)21-24-22(26-25-21)18-4-2-3-15(11-18)13-27-10-9-16(14-27)12-20(23)28/h2-8,11,16H,9-10,12-14H2,1H3,(H2,23,28)(H,24,25,26). The van der Waals surface area contributed by atoms with Crippen LogP contribution in [0.15, 0.2) is 48.5 Å². The van der Waals surface area contributed by atoms with Crippen LogP contribution in [0.3, 0.4) is 0 Å². The van der Waals surface area contributed by atoms with E-state index in [2.05, 4.69) is 32.2 Å². The van der Waals surface area contributed by atoms with E-state index in [4.69, 9.17) is 10.5 Å². The summed E-state index contributed by atoms with van der Waals surface area (Å²) in [6, 6.07) is 16.0. The van der Waals surface area contributed by atoms with Gasteiger partial charge < -0.3 is 10.5 Å². The summed E-state index contributed by atoms with van der Waals surface area (Å²) in [4.78, 5) is 18.2. The highest BCUT2D eigenvalue weighted by Crippen LogP contribution is 2.25. The van der Waals surface area contributed by atoms with Crippen LogP contribution in [0.25, 0.3) is 22.8 Å². The summed E-state index contributed by atoms with van der Waals surface area (Å²) in [6.07, 6.45) is 1.50. The summed E-state index contributed by atoms with van der Waals surface area (Å²) in [6.45, 7) is 2.75. The molecule has 2 heterocycles. The third kappa shape index (κ3) is 4.63. The van der Waals surface area contributed by atoms with Crippen molar-refractivity contribution in [1.29, 1.82) is 0 Å². The van der Waals surface area contributed by atoms with Gasteiger partial charge in [0.05, 0.1) is 7.11 Å². The van der Waals surface area contributed by atoms with E-state index < -0.39 is 0 Å². The van der Waals surface area contributed by atoms with Crippen LogP contribution in [-0.2, 0) is 11.3 Å². The van der Waals surface area contributed by atoms with E-state index in [1.165, 1.54) is 5.56 Å². The SMILES string of the molecule is COc1ccc(-c2nc(-c3cccc(CN4CCC(CC(N)=O)C4)c3)n[nH]2)cc1. The highest BCUT2D eigenvalue weighted by molar-refractivity contribution is 5.74. The van der Waals surface area contributed by atoms with Crippen molar-refractivity contribution < 1.29 is 9.53 Å². The molecule has 1 fully saturated rings. The van der Waals surface area contributed by atoms with E-state index in [0.29, 0.717) is 18.2 Å². The number of H-pyrrole nitrogens is 1. The molecule has 3 N–H and O–H groups in total. The monoisotopic (exact) mass is 391 g/mol. The van der Waals surface area contributed by atoms with Gasteiger partial charge in [-0.1, -0.05) is 18.2 Å². The van der Waals surface area contributed by atoms with Gasteiger partial charge >= 0.3 is 0 Å². The van der Waals surface area contributed by atoms with Crippen molar-refractivity contribution in [1.82, 2.24) is 20.1 Å². The lowest BCUT2D eigenvalue weighted by atomic mass is 10.1. The largest absolute Gasteiger partial charge is 0.497 e. The molecule has 3 aromatic rings. The maximum atomic E-state index is 11.1. The summed E-state index contributed by atoms with van der Waals surface area (Å²) >= 11 is 0. The minimum absolute atomic E-state index is 0.212. The van der Waals surface area contributed by atoms with Crippen LogP contribution in [0, 0.1) is 5.92 Å². The zero-order chi connectivity index (χ0) is 20.2. The average Bonchev–Trinajstić information content (AvgIpc) is 3.38. The molecule has 0 radical (unpaired) electrons. The molecule has 4 rings (SSSR count). The molecule has 1 unspecified atom stereocenters. The zero-order valence-corrected chi connectivity index (χ0v) is 16.5. The number of rotatable bonds is 7. The van der Waals surface area contributed by atoms with E-state index in [0.717, 1.165) is 48.8 Å². The van der Waals surface area contributed by atoms with Gasteiger partial charge in [0.1, 0.15) is 5.75 Å². The number of methoxy groups -OCH3 is 1. The Bertz CT molecular complexity index is 983. The second-order valence-corrected chi connectivity index (χ2v) is 7.50. The highest BCUT2D eigenvalue weighted by Gasteiger charge is 2.23. The highest BCUT2D eigenvalue weighted by atomic mass is 16.5. The van der Waals surface area contributed by atoms with Crippen molar-refractivity contribution in [3.63, 3.8) is 0 Å². The van der Waals surface area contributed by atoms with Crippen LogP contribution in [0.1, 0.15) is 18.4 Å². The second kappa shape index (κ2) is 8.45. The number of hydrogen-bond donors (Lipinski definition) is 2. The predicted octanol–water partition coefficient (Wildman–Crippen LogP) is 2.84. The lowest BCUT2D eigenvalue weighted by molar-refractivity contribution is -0.118. The number of aromatic nitrogens is 3. The molecule has 1 aliphatic rings. The molecule has 0 bridgehead atoms. The van der Waals surface area contributed by atoms with Crippen molar-refractivity contribution in [3.05, 3.63) is 54.1 Å². The smallest absolute Gasteiger partial charge is 0.217 e. The van der Waals surface area contributed by atoms with Crippen LogP contribution in [0.5, 0.6) is 5.75 Å². The van der Waals surface area contributed by atoms with Crippen LogP contribution in [0.4, 0.5) is 0 Å². The zero-order valence-electron chi connectivity index (χ0n) is 16.5. The predicted molar refractivity (Wildman–Crippen MR) is 111 cm³/mol. The fourth-order valence-corrected chi connectivity index (χ4v) is 3.84. The first-order chi connectivity index (χ1) is 14.1. The van der Waals surface area contributed by atoms with E-state index in [-0.39, 0.29) is 5.91 Å². The minimum atomic E-state index is -0.212. The Labute approximate surface area is 169 Å². The third-order valence-electron chi connectivity index (χ3n) is 5.30. The van der Waals surface area contributed by atoms with E-state index in [1.54, 1.807) is 7.11 Å². The van der Waals surface area contributed by atoms with E-state index >= 15 is 0 Å². The Morgan fingerprint density at radius 3 is 2.83 bits per heavy atom. The van der Waals surface area contributed by atoms with E-state index in [9.17, 15) is 4.79 Å². The van der Waals surface area contributed by atoms with Crippen molar-refractivity contribution in [2.24, 2.45) is 11.7 Å². The Hall–Kier alpha value is -3.19.